The van der Waals surface area contributed by atoms with Gasteiger partial charge in [-0.05, 0) is 54.5 Å². The topological polar surface area (TPSA) is 75.7 Å². The number of para-hydroxylation sites is 1. The molecule has 0 bridgehead atoms. The van der Waals surface area contributed by atoms with Crippen molar-refractivity contribution in [3.05, 3.63) is 100 Å². The maximum atomic E-state index is 13.1. The molecule has 32 heavy (non-hydrogen) atoms. The van der Waals surface area contributed by atoms with Crippen LogP contribution in [0, 0.1) is 6.92 Å². The van der Waals surface area contributed by atoms with E-state index in [1.807, 2.05) is 25.1 Å². The lowest BCUT2D eigenvalue weighted by molar-refractivity contribution is -0.122. The maximum absolute atomic E-state index is 13.1. The molecular formula is C25H19ClN2O4. The SMILES string of the molecule is Cc1cccc(N2C(=O)NC(=O)/C(=C\c3ccccc3OCc3cccc(Cl)c3)C2=O)c1. The minimum absolute atomic E-state index is 0.162. The number of hydrogen-bond acceptors (Lipinski definition) is 4. The summed E-state index contributed by atoms with van der Waals surface area (Å²) < 4.78 is 5.91. The van der Waals surface area contributed by atoms with Gasteiger partial charge in [-0.15, -0.1) is 0 Å². The number of nitrogens with one attached hydrogen (secondary N) is 1. The van der Waals surface area contributed by atoms with Gasteiger partial charge in [0.2, 0.25) is 0 Å². The van der Waals surface area contributed by atoms with E-state index in [0.717, 1.165) is 16.0 Å². The maximum Gasteiger partial charge on any atom is 0.335 e. The third-order valence-electron chi connectivity index (χ3n) is 4.86. The number of ether oxygens (including phenoxy) is 1. The Labute approximate surface area is 190 Å². The lowest BCUT2D eigenvalue weighted by Gasteiger charge is -2.26. The van der Waals surface area contributed by atoms with Crippen LogP contribution in [0.4, 0.5) is 10.5 Å². The molecular weight excluding hydrogens is 428 g/mol. The van der Waals surface area contributed by atoms with Crippen LogP contribution < -0.4 is 15.0 Å². The number of urea groups is 1. The highest BCUT2D eigenvalue weighted by Gasteiger charge is 2.37. The van der Waals surface area contributed by atoms with Crippen molar-refractivity contribution < 1.29 is 19.1 Å². The van der Waals surface area contributed by atoms with Crippen molar-refractivity contribution >= 4 is 41.2 Å². The van der Waals surface area contributed by atoms with Crippen LogP contribution in [0.1, 0.15) is 16.7 Å². The predicted molar refractivity (Wildman–Crippen MR) is 122 cm³/mol. The number of anilines is 1. The fourth-order valence-electron chi connectivity index (χ4n) is 3.33. The molecule has 4 rings (SSSR count). The van der Waals surface area contributed by atoms with E-state index in [9.17, 15) is 14.4 Å². The molecule has 160 valence electrons. The summed E-state index contributed by atoms with van der Waals surface area (Å²) in [6.07, 6.45) is 1.43. The van der Waals surface area contributed by atoms with Crippen LogP contribution >= 0.6 is 11.6 Å². The van der Waals surface area contributed by atoms with Crippen molar-refractivity contribution in [2.24, 2.45) is 0 Å². The zero-order valence-corrected chi connectivity index (χ0v) is 17.9. The van der Waals surface area contributed by atoms with E-state index in [0.29, 0.717) is 22.0 Å². The second-order valence-electron chi connectivity index (χ2n) is 7.25. The molecule has 1 fully saturated rings. The fourth-order valence-corrected chi connectivity index (χ4v) is 3.55. The normalized spacial score (nSPS) is 15.1. The van der Waals surface area contributed by atoms with Crippen molar-refractivity contribution in [2.75, 3.05) is 4.90 Å². The summed E-state index contributed by atoms with van der Waals surface area (Å²) in [5.74, 6) is -0.970. The number of halogens is 1. The van der Waals surface area contributed by atoms with Crippen LogP contribution in [-0.4, -0.2) is 17.8 Å². The molecule has 1 heterocycles. The van der Waals surface area contributed by atoms with Crippen LogP contribution in [0.25, 0.3) is 6.08 Å². The summed E-state index contributed by atoms with van der Waals surface area (Å²) in [4.78, 5) is 38.9. The number of amides is 4. The first-order valence-electron chi connectivity index (χ1n) is 9.87. The zero-order valence-electron chi connectivity index (χ0n) is 17.2. The minimum atomic E-state index is -0.784. The summed E-state index contributed by atoms with van der Waals surface area (Å²) >= 11 is 6.03. The first kappa shape index (κ1) is 21.3. The van der Waals surface area contributed by atoms with Gasteiger partial charge in [0.15, 0.2) is 0 Å². The Morgan fingerprint density at radius 1 is 0.969 bits per heavy atom. The molecule has 4 amide bonds. The van der Waals surface area contributed by atoms with E-state index >= 15 is 0 Å². The van der Waals surface area contributed by atoms with Crippen molar-refractivity contribution in [1.29, 1.82) is 0 Å². The molecule has 3 aromatic rings. The average Bonchev–Trinajstić information content (AvgIpc) is 2.76. The van der Waals surface area contributed by atoms with Gasteiger partial charge in [0.25, 0.3) is 11.8 Å². The van der Waals surface area contributed by atoms with Crippen LogP contribution in [-0.2, 0) is 16.2 Å². The van der Waals surface area contributed by atoms with Crippen LogP contribution in [0.2, 0.25) is 5.02 Å². The molecule has 0 aliphatic carbocycles. The number of carbonyl (C=O) groups is 3. The number of nitrogens with zero attached hydrogens (tertiary/aromatic N) is 1. The summed E-state index contributed by atoms with van der Waals surface area (Å²) in [5.41, 5.74) is 2.51. The minimum Gasteiger partial charge on any atom is -0.488 e. The second-order valence-corrected chi connectivity index (χ2v) is 7.69. The van der Waals surface area contributed by atoms with E-state index in [1.54, 1.807) is 54.6 Å². The van der Waals surface area contributed by atoms with Crippen LogP contribution in [0.3, 0.4) is 0 Å². The summed E-state index contributed by atoms with van der Waals surface area (Å²) in [6, 6.07) is 20.5. The Balaban J connectivity index is 1.64. The molecule has 1 aliphatic rings. The molecule has 1 aliphatic heterocycles. The number of rotatable bonds is 5. The van der Waals surface area contributed by atoms with Gasteiger partial charge in [-0.25, -0.2) is 9.69 Å². The quantitative estimate of drug-likeness (QED) is 0.447. The summed E-state index contributed by atoms with van der Waals surface area (Å²) in [7, 11) is 0. The van der Waals surface area contributed by atoms with Gasteiger partial charge in [0.1, 0.15) is 17.9 Å². The number of barbiturate groups is 1. The standard InChI is InChI=1S/C25H19ClN2O4/c1-16-6-4-10-20(12-16)28-24(30)21(23(29)27-25(28)31)14-18-8-2-3-11-22(18)32-15-17-7-5-9-19(26)13-17/h2-14H,15H2,1H3,(H,27,29,31)/b21-14+. The van der Waals surface area contributed by atoms with Gasteiger partial charge >= 0.3 is 6.03 Å². The van der Waals surface area contributed by atoms with Crippen molar-refractivity contribution in [3.63, 3.8) is 0 Å². The lowest BCUT2D eigenvalue weighted by Crippen LogP contribution is -2.54. The van der Waals surface area contributed by atoms with Crippen molar-refractivity contribution in [2.45, 2.75) is 13.5 Å². The number of aryl methyl sites for hydroxylation is 1. The molecule has 1 saturated heterocycles. The number of hydrogen-bond donors (Lipinski definition) is 1. The Morgan fingerprint density at radius 3 is 2.53 bits per heavy atom. The van der Waals surface area contributed by atoms with Gasteiger partial charge in [0, 0.05) is 10.6 Å². The first-order chi connectivity index (χ1) is 15.4. The molecule has 1 N–H and O–H groups in total. The fraction of sp³-hybridized carbons (Fsp3) is 0.0800. The van der Waals surface area contributed by atoms with Crippen LogP contribution in [0.15, 0.2) is 78.4 Å². The molecule has 0 aromatic heterocycles. The van der Waals surface area contributed by atoms with Crippen molar-refractivity contribution in [3.8, 4) is 5.75 Å². The van der Waals surface area contributed by atoms with E-state index in [1.165, 1.54) is 6.08 Å². The summed E-state index contributed by atoms with van der Waals surface area (Å²) in [6.45, 7) is 2.11. The van der Waals surface area contributed by atoms with E-state index < -0.39 is 17.8 Å². The molecule has 0 spiro atoms. The van der Waals surface area contributed by atoms with Gasteiger partial charge in [0.05, 0.1) is 5.69 Å². The number of benzene rings is 3. The number of carbonyl (C=O) groups excluding carboxylic acids is 3. The van der Waals surface area contributed by atoms with E-state index in [-0.39, 0.29) is 12.2 Å². The van der Waals surface area contributed by atoms with Gasteiger partial charge in [-0.1, -0.05) is 54.1 Å². The first-order valence-corrected chi connectivity index (χ1v) is 10.2. The van der Waals surface area contributed by atoms with Gasteiger partial charge in [-0.3, -0.25) is 14.9 Å². The largest absolute Gasteiger partial charge is 0.488 e. The molecule has 0 atom stereocenters. The highest BCUT2D eigenvalue weighted by molar-refractivity contribution is 6.39. The molecule has 7 heteroatoms. The molecule has 0 radical (unpaired) electrons. The van der Waals surface area contributed by atoms with Crippen molar-refractivity contribution in [1.82, 2.24) is 5.32 Å². The summed E-state index contributed by atoms with van der Waals surface area (Å²) in [5, 5.41) is 2.84. The monoisotopic (exact) mass is 446 g/mol. The van der Waals surface area contributed by atoms with E-state index in [4.69, 9.17) is 16.3 Å². The van der Waals surface area contributed by atoms with Gasteiger partial charge < -0.3 is 4.74 Å². The Morgan fingerprint density at radius 2 is 1.75 bits per heavy atom. The Bertz CT molecular complexity index is 1250. The molecule has 0 saturated carbocycles. The third kappa shape index (κ3) is 4.55. The van der Waals surface area contributed by atoms with E-state index in [2.05, 4.69) is 5.32 Å². The predicted octanol–water partition coefficient (Wildman–Crippen LogP) is 4.89. The Kier molecular flexibility index (Phi) is 6.05. The van der Waals surface area contributed by atoms with Gasteiger partial charge in [-0.2, -0.15) is 0 Å². The highest BCUT2D eigenvalue weighted by Crippen LogP contribution is 2.26. The average molecular weight is 447 g/mol. The Hall–Kier alpha value is -3.90. The molecule has 3 aromatic carbocycles. The molecule has 0 unspecified atom stereocenters. The lowest BCUT2D eigenvalue weighted by atomic mass is 10.1. The highest BCUT2D eigenvalue weighted by atomic mass is 35.5. The third-order valence-corrected chi connectivity index (χ3v) is 5.10. The smallest absolute Gasteiger partial charge is 0.335 e. The van der Waals surface area contributed by atoms with Crippen LogP contribution in [0.5, 0.6) is 5.75 Å². The molecule has 6 nitrogen and oxygen atoms in total. The zero-order chi connectivity index (χ0) is 22.7. The second kappa shape index (κ2) is 9.08. The number of imide groups is 2.